The van der Waals surface area contributed by atoms with Gasteiger partial charge in [-0.25, -0.2) is 4.79 Å². The van der Waals surface area contributed by atoms with Crippen molar-refractivity contribution in [3.8, 4) is 0 Å². The molecule has 0 aliphatic heterocycles. The van der Waals surface area contributed by atoms with Crippen molar-refractivity contribution < 1.29 is 28.7 Å². The van der Waals surface area contributed by atoms with E-state index < -0.39 is 17.6 Å². The van der Waals surface area contributed by atoms with E-state index in [1.54, 1.807) is 20.8 Å². The molecule has 0 aromatic heterocycles. The summed E-state index contributed by atoms with van der Waals surface area (Å²) >= 11 is 0. The number of amides is 2. The van der Waals surface area contributed by atoms with E-state index in [1.165, 1.54) is 57.8 Å². The van der Waals surface area contributed by atoms with Gasteiger partial charge in [0.15, 0.2) is 0 Å². The Labute approximate surface area is 269 Å². The number of hydrogen-bond acceptors (Lipinski definition) is 6. The Kier molecular flexibility index (Phi) is 23.0. The molecule has 0 saturated heterocycles. The molecule has 0 unspecified atom stereocenters. The van der Waals surface area contributed by atoms with Crippen LogP contribution in [0.3, 0.4) is 0 Å². The van der Waals surface area contributed by atoms with Crippen LogP contribution in [0.5, 0.6) is 0 Å². The van der Waals surface area contributed by atoms with Crippen LogP contribution in [0.25, 0.3) is 0 Å². The van der Waals surface area contributed by atoms with Crippen molar-refractivity contribution in [1.82, 2.24) is 10.6 Å². The van der Waals surface area contributed by atoms with Gasteiger partial charge in [0.25, 0.3) is 0 Å². The number of carbonyl (C=O) groups is 4. The average Bonchev–Trinajstić information content (AvgIpc) is 2.88. The monoisotopic (exact) mass is 625 g/mol. The topological polar surface area (TPSA) is 111 Å². The van der Waals surface area contributed by atoms with E-state index in [4.69, 9.17) is 9.47 Å². The maximum atomic E-state index is 12.7. The zero-order valence-electron chi connectivity index (χ0n) is 29.7. The highest BCUT2D eigenvalue weighted by atomic mass is 16.6. The molecule has 2 atom stereocenters. The zero-order chi connectivity index (χ0) is 33.4. The Hall–Kier alpha value is -2.12. The smallest absolute Gasteiger partial charge is 0.329 e. The molecule has 0 spiro atoms. The number of rotatable bonds is 25. The maximum Gasteiger partial charge on any atom is 0.329 e. The van der Waals surface area contributed by atoms with E-state index >= 15 is 0 Å². The van der Waals surface area contributed by atoms with Crippen LogP contribution in [-0.4, -0.2) is 47.0 Å². The minimum Gasteiger partial charge on any atom is -0.460 e. The molecule has 44 heavy (non-hydrogen) atoms. The first-order valence-corrected chi connectivity index (χ1v) is 17.7. The van der Waals surface area contributed by atoms with Gasteiger partial charge in [-0.05, 0) is 74.1 Å². The summed E-state index contributed by atoms with van der Waals surface area (Å²) in [6, 6.07) is -0.731. The van der Waals surface area contributed by atoms with Crippen molar-refractivity contribution in [3.63, 3.8) is 0 Å². The lowest BCUT2D eigenvalue weighted by Crippen LogP contribution is -2.45. The standard InChI is InChI=1S/C36H68N2O6/c1-9-24-29(2)37-32(40)28-27-30(34(42)44-36(6,7)8)38-31(39)25-22-20-18-16-14-12-10-11-13-15-17-19-21-23-26-33(41)43-35(3,4)5/h29-30H,9-28H2,1-8H3,(H,37,40)(H,38,39)/t29-,30-/m0/s1. The van der Waals surface area contributed by atoms with Gasteiger partial charge in [0.2, 0.25) is 11.8 Å². The number of ether oxygens (including phenoxy) is 2. The van der Waals surface area contributed by atoms with Crippen molar-refractivity contribution in [3.05, 3.63) is 0 Å². The minimum atomic E-state index is -0.821. The lowest BCUT2D eigenvalue weighted by Gasteiger charge is -2.24. The molecule has 2 amide bonds. The average molecular weight is 625 g/mol. The summed E-state index contributed by atoms with van der Waals surface area (Å²) in [6.45, 7) is 15.1. The van der Waals surface area contributed by atoms with Gasteiger partial charge in [0, 0.05) is 25.3 Å². The van der Waals surface area contributed by atoms with Crippen LogP contribution in [0.4, 0.5) is 0 Å². The minimum absolute atomic E-state index is 0.0851. The predicted octanol–water partition coefficient (Wildman–Crippen LogP) is 8.48. The highest BCUT2D eigenvalue weighted by Gasteiger charge is 2.27. The van der Waals surface area contributed by atoms with Gasteiger partial charge in [0.1, 0.15) is 17.2 Å². The molecular formula is C36H68N2O6. The first-order chi connectivity index (χ1) is 20.6. The van der Waals surface area contributed by atoms with Gasteiger partial charge in [0.05, 0.1) is 0 Å². The molecule has 0 bridgehead atoms. The molecule has 0 aliphatic carbocycles. The molecule has 258 valence electrons. The molecule has 0 radical (unpaired) electrons. The zero-order valence-corrected chi connectivity index (χ0v) is 29.7. The second kappa shape index (κ2) is 24.2. The maximum absolute atomic E-state index is 12.7. The quantitative estimate of drug-likeness (QED) is 0.0778. The Morgan fingerprint density at radius 3 is 1.39 bits per heavy atom. The first-order valence-electron chi connectivity index (χ1n) is 17.7. The molecule has 0 aromatic rings. The van der Waals surface area contributed by atoms with Crippen molar-refractivity contribution in [2.45, 2.75) is 207 Å². The highest BCUT2D eigenvalue weighted by molar-refractivity contribution is 5.85. The molecule has 2 N–H and O–H groups in total. The van der Waals surface area contributed by atoms with E-state index in [-0.39, 0.29) is 42.3 Å². The van der Waals surface area contributed by atoms with E-state index in [0.717, 1.165) is 44.9 Å². The summed E-state index contributed by atoms with van der Waals surface area (Å²) in [6.07, 6.45) is 19.3. The Morgan fingerprint density at radius 2 is 0.955 bits per heavy atom. The van der Waals surface area contributed by atoms with Gasteiger partial charge in [-0.1, -0.05) is 90.4 Å². The number of esters is 2. The SMILES string of the molecule is CCC[C@H](C)NC(=O)CC[C@H](NC(=O)CCCCCCCCCCCCCCCCC(=O)OC(C)(C)C)C(=O)OC(C)(C)C. The normalized spacial score (nSPS) is 13.2. The fourth-order valence-electron chi connectivity index (χ4n) is 5.08. The fraction of sp³-hybridized carbons (Fsp3) is 0.889. The summed E-state index contributed by atoms with van der Waals surface area (Å²) in [7, 11) is 0. The molecule has 0 fully saturated rings. The fourth-order valence-corrected chi connectivity index (χ4v) is 5.08. The Balaban J connectivity index is 3.96. The predicted molar refractivity (Wildman–Crippen MR) is 179 cm³/mol. The third-order valence-corrected chi connectivity index (χ3v) is 7.27. The molecule has 0 aromatic carbocycles. The molecule has 0 heterocycles. The number of nitrogens with one attached hydrogen (secondary N) is 2. The second-order valence-electron chi connectivity index (χ2n) is 14.5. The highest BCUT2D eigenvalue weighted by Crippen LogP contribution is 2.16. The van der Waals surface area contributed by atoms with Crippen LogP contribution in [0.2, 0.25) is 0 Å². The molecular weight excluding hydrogens is 556 g/mol. The van der Waals surface area contributed by atoms with E-state index in [1.807, 2.05) is 27.7 Å². The third-order valence-electron chi connectivity index (χ3n) is 7.27. The molecule has 8 nitrogen and oxygen atoms in total. The third kappa shape index (κ3) is 27.4. The summed E-state index contributed by atoms with van der Waals surface area (Å²) in [4.78, 5) is 49.4. The van der Waals surface area contributed by atoms with E-state index in [9.17, 15) is 19.2 Å². The summed E-state index contributed by atoms with van der Waals surface area (Å²) in [5, 5.41) is 5.77. The molecule has 0 saturated carbocycles. The van der Waals surface area contributed by atoms with Gasteiger partial charge >= 0.3 is 11.9 Å². The number of unbranched alkanes of at least 4 members (excludes halogenated alkanes) is 13. The lowest BCUT2D eigenvalue weighted by atomic mass is 10.0. The number of hydrogen-bond donors (Lipinski definition) is 2. The van der Waals surface area contributed by atoms with Crippen LogP contribution >= 0.6 is 0 Å². The second-order valence-corrected chi connectivity index (χ2v) is 14.5. The van der Waals surface area contributed by atoms with Crippen LogP contribution in [-0.2, 0) is 28.7 Å². The van der Waals surface area contributed by atoms with Crippen molar-refractivity contribution in [2.75, 3.05) is 0 Å². The van der Waals surface area contributed by atoms with Crippen LogP contribution in [0.1, 0.15) is 184 Å². The Morgan fingerprint density at radius 1 is 0.545 bits per heavy atom. The summed E-state index contributed by atoms with van der Waals surface area (Å²) in [5.74, 6) is -0.852. The summed E-state index contributed by atoms with van der Waals surface area (Å²) in [5.41, 5.74) is -1.05. The van der Waals surface area contributed by atoms with Gasteiger partial charge in [-0.2, -0.15) is 0 Å². The van der Waals surface area contributed by atoms with Crippen LogP contribution < -0.4 is 10.6 Å². The largest absolute Gasteiger partial charge is 0.460 e. The van der Waals surface area contributed by atoms with E-state index in [2.05, 4.69) is 17.6 Å². The molecule has 0 rings (SSSR count). The first kappa shape index (κ1) is 41.9. The lowest BCUT2D eigenvalue weighted by molar-refractivity contribution is -0.159. The van der Waals surface area contributed by atoms with Crippen LogP contribution in [0.15, 0.2) is 0 Å². The Bertz CT molecular complexity index is 799. The summed E-state index contributed by atoms with van der Waals surface area (Å²) < 4.78 is 10.8. The van der Waals surface area contributed by atoms with Gasteiger partial charge in [-0.15, -0.1) is 0 Å². The van der Waals surface area contributed by atoms with Crippen molar-refractivity contribution in [1.29, 1.82) is 0 Å². The molecule has 8 heteroatoms. The number of carbonyl (C=O) groups excluding carboxylic acids is 4. The van der Waals surface area contributed by atoms with Crippen molar-refractivity contribution >= 4 is 23.8 Å². The van der Waals surface area contributed by atoms with Gasteiger partial charge in [-0.3, -0.25) is 14.4 Å². The van der Waals surface area contributed by atoms with E-state index in [0.29, 0.717) is 12.8 Å². The van der Waals surface area contributed by atoms with Crippen molar-refractivity contribution in [2.24, 2.45) is 0 Å². The van der Waals surface area contributed by atoms with Gasteiger partial charge < -0.3 is 20.1 Å². The molecule has 0 aliphatic rings. The van der Waals surface area contributed by atoms with Crippen LogP contribution in [0, 0.1) is 0 Å².